The van der Waals surface area contributed by atoms with Crippen molar-refractivity contribution in [3.05, 3.63) is 7.05 Å². The molecule has 4 heteroatoms. The lowest BCUT2D eigenvalue weighted by molar-refractivity contribution is -0.124. The van der Waals surface area contributed by atoms with Gasteiger partial charge >= 0.3 is 0 Å². The van der Waals surface area contributed by atoms with Gasteiger partial charge in [-0.15, -0.1) is 0 Å². The van der Waals surface area contributed by atoms with E-state index in [1.54, 1.807) is 7.05 Å². The van der Waals surface area contributed by atoms with Crippen molar-refractivity contribution < 1.29 is 4.79 Å². The molecule has 1 atom stereocenters. The van der Waals surface area contributed by atoms with Gasteiger partial charge in [-0.1, -0.05) is 0 Å². The summed E-state index contributed by atoms with van der Waals surface area (Å²) in [5.74, 6) is 0.0411. The molecule has 0 aliphatic carbocycles. The Morgan fingerprint density at radius 3 is 3.17 bits per heavy atom. The Hall–Kier alpha value is -0.610. The number of nitrogens with zero attached hydrogens (tertiary/aromatic N) is 1. The summed E-state index contributed by atoms with van der Waals surface area (Å²) in [4.78, 5) is 13.1. The third-order valence-corrected chi connectivity index (χ3v) is 2.13. The van der Waals surface area contributed by atoms with Crippen molar-refractivity contribution in [1.29, 1.82) is 0 Å². The summed E-state index contributed by atoms with van der Waals surface area (Å²) in [6, 6.07) is -0.113. The van der Waals surface area contributed by atoms with E-state index in [2.05, 4.69) is 17.7 Å². The molecule has 2 N–H and O–H groups in total. The standard InChI is InChI=1S/C8H16N3O/c1-9-8(12)7-6-10-4-3-5-11(7)2/h7,10H,2-6H2,1H3,(H,9,12). The number of hydrogen-bond acceptors (Lipinski definition) is 3. The molecule has 0 saturated carbocycles. The molecular weight excluding hydrogens is 154 g/mol. The van der Waals surface area contributed by atoms with Crippen LogP contribution in [0.15, 0.2) is 0 Å². The normalized spacial score (nSPS) is 26.3. The molecule has 1 heterocycles. The molecule has 0 aromatic carbocycles. The van der Waals surface area contributed by atoms with E-state index in [4.69, 9.17) is 0 Å². The van der Waals surface area contributed by atoms with Crippen LogP contribution in [0.2, 0.25) is 0 Å². The highest BCUT2D eigenvalue weighted by Crippen LogP contribution is 2.01. The third kappa shape index (κ3) is 2.19. The molecule has 0 aromatic heterocycles. The van der Waals surface area contributed by atoms with Crippen LogP contribution in [-0.2, 0) is 4.79 Å². The van der Waals surface area contributed by atoms with Crippen LogP contribution in [0.4, 0.5) is 0 Å². The Kier molecular flexibility index (Phi) is 3.49. The largest absolute Gasteiger partial charge is 0.358 e. The Morgan fingerprint density at radius 1 is 1.75 bits per heavy atom. The average Bonchev–Trinajstić information content (AvgIpc) is 2.28. The van der Waals surface area contributed by atoms with Crippen LogP contribution in [0, 0.1) is 7.05 Å². The number of hydrogen-bond donors (Lipinski definition) is 2. The quantitative estimate of drug-likeness (QED) is 0.541. The molecule has 69 valence electrons. The first-order chi connectivity index (χ1) is 5.75. The molecule has 1 aliphatic heterocycles. The summed E-state index contributed by atoms with van der Waals surface area (Å²) < 4.78 is 0. The molecular formula is C8H16N3O. The molecule has 0 aromatic rings. The van der Waals surface area contributed by atoms with Crippen LogP contribution in [0.3, 0.4) is 0 Å². The van der Waals surface area contributed by atoms with Crippen molar-refractivity contribution in [2.24, 2.45) is 0 Å². The van der Waals surface area contributed by atoms with Crippen molar-refractivity contribution in [3.63, 3.8) is 0 Å². The fourth-order valence-electron chi connectivity index (χ4n) is 1.36. The zero-order valence-corrected chi connectivity index (χ0v) is 7.47. The number of carbonyl (C=O) groups excluding carboxylic acids is 1. The third-order valence-electron chi connectivity index (χ3n) is 2.13. The van der Waals surface area contributed by atoms with Crippen molar-refractivity contribution >= 4 is 5.91 Å². The number of carbonyl (C=O) groups is 1. The van der Waals surface area contributed by atoms with Gasteiger partial charge in [0.25, 0.3) is 0 Å². The number of likely N-dealkylation sites (N-methyl/N-ethyl adjacent to an activating group) is 1. The van der Waals surface area contributed by atoms with Gasteiger partial charge in [-0.3, -0.25) is 9.69 Å². The van der Waals surface area contributed by atoms with E-state index in [0.717, 1.165) is 19.5 Å². The molecule has 1 saturated heterocycles. The summed E-state index contributed by atoms with van der Waals surface area (Å²) in [6.45, 7) is 2.55. The van der Waals surface area contributed by atoms with Crippen LogP contribution in [-0.4, -0.2) is 43.5 Å². The van der Waals surface area contributed by atoms with E-state index < -0.39 is 0 Å². The Bertz CT molecular complexity index is 160. The first kappa shape index (κ1) is 9.48. The van der Waals surface area contributed by atoms with Crippen LogP contribution in [0.25, 0.3) is 0 Å². The second-order valence-corrected chi connectivity index (χ2v) is 3.00. The summed E-state index contributed by atoms with van der Waals surface area (Å²) in [6.07, 6.45) is 1.05. The summed E-state index contributed by atoms with van der Waals surface area (Å²) in [7, 11) is 5.49. The van der Waals surface area contributed by atoms with E-state index in [0.29, 0.717) is 6.54 Å². The zero-order chi connectivity index (χ0) is 8.97. The van der Waals surface area contributed by atoms with Crippen LogP contribution >= 0.6 is 0 Å². The van der Waals surface area contributed by atoms with E-state index in [9.17, 15) is 4.79 Å². The predicted molar refractivity (Wildman–Crippen MR) is 47.4 cm³/mol. The lowest BCUT2D eigenvalue weighted by Gasteiger charge is -2.22. The second kappa shape index (κ2) is 4.42. The van der Waals surface area contributed by atoms with E-state index >= 15 is 0 Å². The van der Waals surface area contributed by atoms with Gasteiger partial charge in [0, 0.05) is 27.2 Å². The Labute approximate surface area is 73.3 Å². The minimum atomic E-state index is -0.113. The number of nitrogens with one attached hydrogen (secondary N) is 2. The maximum absolute atomic E-state index is 11.3. The number of amides is 1. The van der Waals surface area contributed by atoms with Crippen molar-refractivity contribution in [2.75, 3.05) is 26.7 Å². The van der Waals surface area contributed by atoms with Gasteiger partial charge in [-0.05, 0) is 13.0 Å². The van der Waals surface area contributed by atoms with Gasteiger partial charge in [-0.25, -0.2) is 0 Å². The highest BCUT2D eigenvalue weighted by molar-refractivity contribution is 5.81. The van der Waals surface area contributed by atoms with Gasteiger partial charge in [0.05, 0.1) is 0 Å². The molecule has 1 radical (unpaired) electrons. The van der Waals surface area contributed by atoms with E-state index in [1.165, 1.54) is 0 Å². The maximum Gasteiger partial charge on any atom is 0.238 e. The predicted octanol–water partition coefficient (Wildman–Crippen LogP) is -0.812. The van der Waals surface area contributed by atoms with Crippen molar-refractivity contribution in [2.45, 2.75) is 12.5 Å². The summed E-state index contributed by atoms with van der Waals surface area (Å²) in [5, 5.41) is 5.83. The highest BCUT2D eigenvalue weighted by Gasteiger charge is 2.23. The lowest BCUT2D eigenvalue weighted by atomic mass is 10.2. The first-order valence-corrected chi connectivity index (χ1v) is 4.25. The molecule has 1 fully saturated rings. The monoisotopic (exact) mass is 170 g/mol. The zero-order valence-electron chi connectivity index (χ0n) is 7.47. The van der Waals surface area contributed by atoms with Gasteiger partial charge < -0.3 is 10.6 Å². The Morgan fingerprint density at radius 2 is 2.50 bits per heavy atom. The number of rotatable bonds is 1. The van der Waals surface area contributed by atoms with Crippen molar-refractivity contribution in [1.82, 2.24) is 15.5 Å². The van der Waals surface area contributed by atoms with E-state index in [1.807, 2.05) is 4.90 Å². The topological polar surface area (TPSA) is 44.4 Å². The molecule has 1 amide bonds. The van der Waals surface area contributed by atoms with Crippen LogP contribution in [0.1, 0.15) is 6.42 Å². The molecule has 1 unspecified atom stereocenters. The van der Waals surface area contributed by atoms with Gasteiger partial charge in [0.15, 0.2) is 0 Å². The van der Waals surface area contributed by atoms with Crippen LogP contribution < -0.4 is 10.6 Å². The minimum absolute atomic E-state index is 0.0411. The summed E-state index contributed by atoms with van der Waals surface area (Å²) in [5.41, 5.74) is 0. The van der Waals surface area contributed by atoms with Gasteiger partial charge in [0.2, 0.25) is 5.91 Å². The minimum Gasteiger partial charge on any atom is -0.358 e. The molecule has 1 aliphatic rings. The smallest absolute Gasteiger partial charge is 0.238 e. The SMILES string of the molecule is [CH2]N1CCCNCC1C(=O)NC. The van der Waals surface area contributed by atoms with E-state index in [-0.39, 0.29) is 11.9 Å². The Balaban J connectivity index is 2.52. The highest BCUT2D eigenvalue weighted by atomic mass is 16.2. The molecule has 0 bridgehead atoms. The lowest BCUT2D eigenvalue weighted by Crippen LogP contribution is -2.47. The molecule has 4 nitrogen and oxygen atoms in total. The van der Waals surface area contributed by atoms with Crippen LogP contribution in [0.5, 0.6) is 0 Å². The van der Waals surface area contributed by atoms with Crippen molar-refractivity contribution in [3.8, 4) is 0 Å². The molecule has 0 spiro atoms. The van der Waals surface area contributed by atoms with Gasteiger partial charge in [0.1, 0.15) is 6.04 Å². The second-order valence-electron chi connectivity index (χ2n) is 3.00. The summed E-state index contributed by atoms with van der Waals surface area (Å²) >= 11 is 0. The maximum atomic E-state index is 11.3. The molecule has 12 heavy (non-hydrogen) atoms. The van der Waals surface area contributed by atoms with Gasteiger partial charge in [-0.2, -0.15) is 0 Å². The molecule has 1 rings (SSSR count). The fourth-order valence-corrected chi connectivity index (χ4v) is 1.36. The first-order valence-electron chi connectivity index (χ1n) is 4.25. The fraction of sp³-hybridized carbons (Fsp3) is 0.750. The average molecular weight is 170 g/mol.